The molecule has 0 spiro atoms. The lowest BCUT2D eigenvalue weighted by atomic mass is 10.0. The maximum Gasteiger partial charge on any atom is 0.161 e. The molecule has 4 nitrogen and oxygen atoms in total. The fraction of sp³-hybridized carbons (Fsp3) is 0. The molecule has 8 aromatic carbocycles. The lowest BCUT2D eigenvalue weighted by molar-refractivity contribution is 0.666. The molecule has 0 saturated heterocycles. The van der Waals surface area contributed by atoms with Crippen LogP contribution in [-0.2, 0) is 0 Å². The van der Waals surface area contributed by atoms with Crippen LogP contribution in [-0.4, -0.2) is 14.5 Å². The smallest absolute Gasteiger partial charge is 0.161 e. The Bertz CT molecular complexity index is 3490. The molecule has 5 heteroatoms. The van der Waals surface area contributed by atoms with Gasteiger partial charge in [0.15, 0.2) is 11.4 Å². The van der Waals surface area contributed by atoms with E-state index in [2.05, 4.69) is 174 Å². The Hall–Kier alpha value is -7.08. The highest BCUT2D eigenvalue weighted by molar-refractivity contribution is 7.26. The summed E-state index contributed by atoms with van der Waals surface area (Å²) in [6.07, 6.45) is 0. The molecule has 0 unspecified atom stereocenters. The summed E-state index contributed by atoms with van der Waals surface area (Å²) in [5, 5.41) is 8.07. The lowest BCUT2D eigenvalue weighted by Gasteiger charge is -2.10. The third-order valence-electron chi connectivity index (χ3n) is 11.0. The average molecular weight is 720 g/mol. The van der Waals surface area contributed by atoms with Crippen LogP contribution in [0.15, 0.2) is 180 Å². The predicted molar refractivity (Wildman–Crippen MR) is 230 cm³/mol. The molecule has 4 aromatic heterocycles. The Balaban J connectivity index is 1.14. The summed E-state index contributed by atoms with van der Waals surface area (Å²) in [6, 6.07) is 62.3. The van der Waals surface area contributed by atoms with Crippen molar-refractivity contribution in [2.24, 2.45) is 0 Å². The summed E-state index contributed by atoms with van der Waals surface area (Å²) < 4.78 is 11.6. The van der Waals surface area contributed by atoms with Crippen molar-refractivity contribution >= 4 is 86.2 Å². The van der Waals surface area contributed by atoms with E-state index in [1.807, 2.05) is 6.07 Å². The molecular formula is C50H29N3OS. The van der Waals surface area contributed by atoms with Gasteiger partial charge in [0, 0.05) is 42.8 Å². The maximum atomic E-state index is 6.93. The molecule has 12 aromatic rings. The molecule has 0 atom stereocenters. The number of para-hydroxylation sites is 1. The molecule has 4 heterocycles. The fourth-order valence-electron chi connectivity index (χ4n) is 8.56. The highest BCUT2D eigenvalue weighted by atomic mass is 32.1. The van der Waals surface area contributed by atoms with E-state index in [9.17, 15) is 0 Å². The minimum Gasteiger partial charge on any atom is -0.454 e. The standard InChI is InChI=1S/C50H29N3OS/c1-3-13-30(14-4-1)33-26-27-39-38(29-33)44-34-18-8-7-15-31(34)25-28-40(44)53(39)41-22-11-20-36-45-37(21-12-23-42(45)54-48(36)41)50-51-46(32-16-5-2-6-17-32)49-47(52-50)35-19-9-10-24-43(35)55-49/h1-29H. The monoisotopic (exact) mass is 719 g/mol. The number of furan rings is 1. The van der Waals surface area contributed by atoms with Crippen LogP contribution in [0.2, 0.25) is 0 Å². The van der Waals surface area contributed by atoms with Gasteiger partial charge in [-0.3, -0.25) is 0 Å². The molecule has 0 N–H and O–H groups in total. The Morgan fingerprint density at radius 3 is 2.09 bits per heavy atom. The van der Waals surface area contributed by atoms with Gasteiger partial charge in [-0.25, -0.2) is 9.97 Å². The summed E-state index contributed by atoms with van der Waals surface area (Å²) in [5.41, 5.74) is 11.2. The minimum absolute atomic E-state index is 0.686. The zero-order valence-corrected chi connectivity index (χ0v) is 30.2. The molecule has 0 radical (unpaired) electrons. The second-order valence-electron chi connectivity index (χ2n) is 14.1. The first kappa shape index (κ1) is 30.4. The van der Waals surface area contributed by atoms with Crippen LogP contribution in [0.25, 0.3) is 114 Å². The molecule has 0 saturated carbocycles. The van der Waals surface area contributed by atoms with Crippen LogP contribution in [0.3, 0.4) is 0 Å². The van der Waals surface area contributed by atoms with Gasteiger partial charge in [-0.15, -0.1) is 11.3 Å². The summed E-state index contributed by atoms with van der Waals surface area (Å²) >= 11 is 1.75. The van der Waals surface area contributed by atoms with Crippen LogP contribution < -0.4 is 0 Å². The zero-order chi connectivity index (χ0) is 36.0. The van der Waals surface area contributed by atoms with Crippen LogP contribution in [0, 0.1) is 0 Å². The van der Waals surface area contributed by atoms with Gasteiger partial charge in [0.1, 0.15) is 5.58 Å². The molecule has 12 rings (SSSR count). The molecule has 0 aliphatic rings. The first-order chi connectivity index (χ1) is 27.3. The quantitative estimate of drug-likeness (QED) is 0.182. The number of hydrogen-bond donors (Lipinski definition) is 0. The van der Waals surface area contributed by atoms with Crippen molar-refractivity contribution in [3.05, 3.63) is 176 Å². The Labute approximate surface area is 319 Å². The van der Waals surface area contributed by atoms with Crippen LogP contribution >= 0.6 is 11.3 Å². The number of benzene rings is 8. The number of nitrogens with zero attached hydrogens (tertiary/aromatic N) is 3. The van der Waals surface area contributed by atoms with Gasteiger partial charge in [0.05, 0.1) is 32.6 Å². The maximum absolute atomic E-state index is 6.93. The van der Waals surface area contributed by atoms with E-state index >= 15 is 0 Å². The van der Waals surface area contributed by atoms with E-state index in [4.69, 9.17) is 14.4 Å². The molecular weight excluding hydrogens is 691 g/mol. The third kappa shape index (κ3) is 4.51. The highest BCUT2D eigenvalue weighted by Crippen LogP contribution is 2.45. The second kappa shape index (κ2) is 11.7. The van der Waals surface area contributed by atoms with Gasteiger partial charge in [0.2, 0.25) is 0 Å². The molecule has 256 valence electrons. The van der Waals surface area contributed by atoms with Gasteiger partial charge in [0.25, 0.3) is 0 Å². The van der Waals surface area contributed by atoms with Crippen LogP contribution in [0.1, 0.15) is 0 Å². The molecule has 0 aliphatic heterocycles. The molecule has 0 fully saturated rings. The largest absolute Gasteiger partial charge is 0.454 e. The first-order valence-electron chi connectivity index (χ1n) is 18.5. The van der Waals surface area contributed by atoms with Crippen molar-refractivity contribution in [1.82, 2.24) is 14.5 Å². The summed E-state index contributed by atoms with van der Waals surface area (Å²) in [5.74, 6) is 0.686. The van der Waals surface area contributed by atoms with E-state index in [1.54, 1.807) is 11.3 Å². The molecule has 55 heavy (non-hydrogen) atoms. The van der Waals surface area contributed by atoms with Crippen LogP contribution in [0.4, 0.5) is 0 Å². The van der Waals surface area contributed by atoms with Gasteiger partial charge >= 0.3 is 0 Å². The molecule has 0 amide bonds. The Morgan fingerprint density at radius 2 is 1.22 bits per heavy atom. The van der Waals surface area contributed by atoms with E-state index < -0.39 is 0 Å². The zero-order valence-electron chi connectivity index (χ0n) is 29.4. The topological polar surface area (TPSA) is 43.9 Å². The fourth-order valence-corrected chi connectivity index (χ4v) is 9.71. The number of rotatable bonds is 4. The highest BCUT2D eigenvalue weighted by Gasteiger charge is 2.23. The summed E-state index contributed by atoms with van der Waals surface area (Å²) in [7, 11) is 0. The van der Waals surface area contributed by atoms with Crippen molar-refractivity contribution < 1.29 is 4.42 Å². The molecule has 0 bridgehead atoms. The average Bonchev–Trinajstić information content (AvgIpc) is 3.93. The van der Waals surface area contributed by atoms with Crippen molar-refractivity contribution in [1.29, 1.82) is 0 Å². The number of hydrogen-bond acceptors (Lipinski definition) is 4. The normalized spacial score (nSPS) is 12.0. The van der Waals surface area contributed by atoms with Crippen molar-refractivity contribution in [3.63, 3.8) is 0 Å². The summed E-state index contributed by atoms with van der Waals surface area (Å²) in [4.78, 5) is 10.7. The SMILES string of the molecule is c1ccc(-c2ccc3c(c2)c2c4ccccc4ccc2n3-c2cccc3c2oc2cccc(-c4nc(-c5ccccc5)c5sc6ccccc6c5n4)c23)cc1. The minimum atomic E-state index is 0.686. The second-order valence-corrected chi connectivity index (χ2v) is 15.1. The van der Waals surface area contributed by atoms with Crippen molar-refractivity contribution in [2.75, 3.05) is 0 Å². The van der Waals surface area contributed by atoms with Gasteiger partial charge in [-0.2, -0.15) is 0 Å². The van der Waals surface area contributed by atoms with E-state index in [0.29, 0.717) is 5.82 Å². The first-order valence-corrected chi connectivity index (χ1v) is 19.3. The van der Waals surface area contributed by atoms with Crippen LogP contribution in [0.5, 0.6) is 0 Å². The predicted octanol–water partition coefficient (Wildman–Crippen LogP) is 14.0. The summed E-state index contributed by atoms with van der Waals surface area (Å²) in [6.45, 7) is 0. The molecule has 0 aliphatic carbocycles. The van der Waals surface area contributed by atoms with Gasteiger partial charge in [-0.1, -0.05) is 140 Å². The van der Waals surface area contributed by atoms with E-state index in [0.717, 1.165) is 71.1 Å². The van der Waals surface area contributed by atoms with E-state index in [-0.39, 0.29) is 0 Å². The number of aromatic nitrogens is 3. The Kier molecular flexibility index (Phi) is 6.47. The number of fused-ring (bicyclic) bond motifs is 11. The number of thiophene rings is 1. The van der Waals surface area contributed by atoms with Gasteiger partial charge in [-0.05, 0) is 58.3 Å². The Morgan fingerprint density at radius 1 is 0.491 bits per heavy atom. The van der Waals surface area contributed by atoms with Crippen molar-refractivity contribution in [2.45, 2.75) is 0 Å². The van der Waals surface area contributed by atoms with Crippen molar-refractivity contribution in [3.8, 4) is 39.5 Å². The third-order valence-corrected chi connectivity index (χ3v) is 12.2. The van der Waals surface area contributed by atoms with Gasteiger partial charge < -0.3 is 8.98 Å². The van der Waals surface area contributed by atoms with E-state index in [1.165, 1.54) is 37.4 Å². The lowest BCUT2D eigenvalue weighted by Crippen LogP contribution is -1.95.